The first-order valence-electron chi connectivity index (χ1n) is 12.4. The van der Waals surface area contributed by atoms with Crippen LogP contribution in [-0.2, 0) is 11.2 Å². The van der Waals surface area contributed by atoms with Gasteiger partial charge in [0, 0.05) is 36.1 Å². The fourth-order valence-corrected chi connectivity index (χ4v) is 5.76. The molecule has 6 rings (SSSR count). The molecule has 0 spiro atoms. The number of aromatic nitrogens is 1. The highest BCUT2D eigenvalue weighted by Gasteiger charge is 2.60. The van der Waals surface area contributed by atoms with Gasteiger partial charge in [0.15, 0.2) is 11.6 Å². The van der Waals surface area contributed by atoms with Crippen molar-refractivity contribution in [2.45, 2.75) is 37.8 Å². The van der Waals surface area contributed by atoms with Crippen LogP contribution in [-0.4, -0.2) is 64.1 Å². The van der Waals surface area contributed by atoms with E-state index < -0.39 is 17.4 Å². The Hall–Kier alpha value is -3.59. The van der Waals surface area contributed by atoms with Crippen molar-refractivity contribution in [1.82, 2.24) is 20.1 Å². The first kappa shape index (κ1) is 22.8. The number of H-pyrrole nitrogens is 1. The highest BCUT2D eigenvalue weighted by molar-refractivity contribution is 6.08. The minimum absolute atomic E-state index is 0.0457. The lowest BCUT2D eigenvalue weighted by atomic mass is 9.81. The summed E-state index contributed by atoms with van der Waals surface area (Å²) in [7, 11) is 1.41. The summed E-state index contributed by atoms with van der Waals surface area (Å²) in [5.41, 5.74) is 1.27. The van der Waals surface area contributed by atoms with Crippen molar-refractivity contribution < 1.29 is 23.8 Å². The molecule has 1 aliphatic carbocycles. The van der Waals surface area contributed by atoms with Crippen LogP contribution in [0, 0.1) is 11.7 Å². The summed E-state index contributed by atoms with van der Waals surface area (Å²) >= 11 is 0. The van der Waals surface area contributed by atoms with Crippen molar-refractivity contribution in [2.24, 2.45) is 5.92 Å². The summed E-state index contributed by atoms with van der Waals surface area (Å²) in [6.45, 7) is 3.43. The molecule has 36 heavy (non-hydrogen) atoms. The molecule has 2 fully saturated rings. The molecule has 1 aromatic heterocycles. The van der Waals surface area contributed by atoms with E-state index >= 15 is 4.39 Å². The monoisotopic (exact) mass is 492 g/mol. The van der Waals surface area contributed by atoms with Gasteiger partial charge in [-0.05, 0) is 67.6 Å². The largest absolute Gasteiger partial charge is 0.508 e. The number of carbonyl (C=O) groups is 2. The lowest BCUT2D eigenvalue weighted by Crippen LogP contribution is -2.53. The molecule has 3 aliphatic rings. The average Bonchev–Trinajstić information content (AvgIpc) is 3.58. The van der Waals surface area contributed by atoms with Gasteiger partial charge >= 0.3 is 6.03 Å². The maximum Gasteiger partial charge on any atom is 0.328 e. The van der Waals surface area contributed by atoms with Crippen molar-refractivity contribution in [3.8, 4) is 11.5 Å². The number of fused-ring (bicyclic) bond motifs is 4. The summed E-state index contributed by atoms with van der Waals surface area (Å²) in [6, 6.07) is 8.85. The normalized spacial score (nSPS) is 23.4. The van der Waals surface area contributed by atoms with Gasteiger partial charge < -0.3 is 20.1 Å². The number of nitrogens with one attached hydrogen (secondary N) is 2. The molecule has 188 valence electrons. The molecular weight excluding hydrogens is 463 g/mol. The number of carbonyl (C=O) groups excluding carboxylic acids is 2. The van der Waals surface area contributed by atoms with Gasteiger partial charge in [0.1, 0.15) is 17.3 Å². The number of hydrogen-bond donors (Lipinski definition) is 3. The number of rotatable bonds is 7. The van der Waals surface area contributed by atoms with Crippen molar-refractivity contribution in [3.05, 3.63) is 59.0 Å². The number of halogens is 1. The fraction of sp³-hybridized carbons (Fsp3) is 0.407. The summed E-state index contributed by atoms with van der Waals surface area (Å²) in [6.07, 6.45) is 2.61. The van der Waals surface area contributed by atoms with Gasteiger partial charge in [-0.15, -0.1) is 0 Å². The minimum atomic E-state index is -1.21. The van der Waals surface area contributed by atoms with Gasteiger partial charge in [0.05, 0.1) is 7.11 Å². The van der Waals surface area contributed by atoms with E-state index in [9.17, 15) is 14.7 Å². The van der Waals surface area contributed by atoms with Crippen molar-refractivity contribution >= 4 is 22.8 Å². The number of aromatic hydroxyl groups is 1. The van der Waals surface area contributed by atoms with Crippen LogP contribution in [0.15, 0.2) is 36.4 Å². The molecule has 2 aromatic carbocycles. The molecule has 3 heterocycles. The van der Waals surface area contributed by atoms with E-state index in [1.807, 2.05) is 0 Å². The van der Waals surface area contributed by atoms with E-state index in [1.165, 1.54) is 24.9 Å². The Morgan fingerprint density at radius 3 is 2.78 bits per heavy atom. The maximum atomic E-state index is 15.5. The molecular formula is C27H29FN4O4. The Kier molecular flexibility index (Phi) is 5.22. The number of urea groups is 1. The molecule has 2 atom stereocenters. The lowest BCUT2D eigenvalue weighted by molar-refractivity contribution is -0.133. The molecule has 0 radical (unpaired) electrons. The van der Waals surface area contributed by atoms with Crippen LogP contribution < -0.4 is 10.1 Å². The second-order valence-electron chi connectivity index (χ2n) is 10.2. The molecule has 0 bridgehead atoms. The highest BCUT2D eigenvalue weighted by atomic mass is 19.1. The van der Waals surface area contributed by atoms with Crippen LogP contribution in [0.5, 0.6) is 11.5 Å². The number of amides is 3. The van der Waals surface area contributed by atoms with Crippen molar-refractivity contribution in [1.29, 1.82) is 0 Å². The predicted octanol–water partition coefficient (Wildman–Crippen LogP) is 3.69. The molecule has 8 nitrogen and oxygen atoms in total. The van der Waals surface area contributed by atoms with E-state index in [0.29, 0.717) is 40.2 Å². The number of benzene rings is 2. The van der Waals surface area contributed by atoms with Gasteiger partial charge in [0.25, 0.3) is 5.91 Å². The summed E-state index contributed by atoms with van der Waals surface area (Å²) in [5.74, 6) is 0.0536. The molecule has 2 aliphatic heterocycles. The molecule has 1 saturated carbocycles. The average molecular weight is 493 g/mol. The number of phenolic OH excluding ortho intramolecular Hbond substituents is 1. The molecule has 3 N–H and O–H groups in total. The number of imide groups is 1. The number of hydrogen-bond acceptors (Lipinski definition) is 5. The van der Waals surface area contributed by atoms with E-state index in [2.05, 4.69) is 10.3 Å². The summed E-state index contributed by atoms with van der Waals surface area (Å²) in [4.78, 5) is 33.8. The topological polar surface area (TPSA) is 97.9 Å². The third-order valence-corrected chi connectivity index (χ3v) is 7.78. The van der Waals surface area contributed by atoms with Gasteiger partial charge in [0.2, 0.25) is 0 Å². The van der Waals surface area contributed by atoms with E-state index in [-0.39, 0.29) is 36.4 Å². The van der Waals surface area contributed by atoms with E-state index in [4.69, 9.17) is 4.74 Å². The van der Waals surface area contributed by atoms with Gasteiger partial charge in [-0.1, -0.05) is 12.1 Å². The summed E-state index contributed by atoms with van der Waals surface area (Å²) in [5, 5.41) is 13.9. The zero-order chi connectivity index (χ0) is 25.2. The van der Waals surface area contributed by atoms with Crippen LogP contribution in [0.4, 0.5) is 9.18 Å². The molecule has 3 amide bonds. The van der Waals surface area contributed by atoms with Crippen LogP contribution in [0.25, 0.3) is 10.9 Å². The first-order valence-corrected chi connectivity index (χ1v) is 12.4. The molecule has 9 heteroatoms. The quantitative estimate of drug-likeness (QED) is 0.345. The molecule has 0 unspecified atom stereocenters. The molecule has 1 saturated heterocycles. The standard InChI is InChI=1S/C27H29FN4O4/c1-27-13-18-21-19(8-9-20(36-2)22(21)28)30-23(18)24(16-4-3-5-17(33)12-16)32(27)26(35)31(25(27)34)11-10-29-14-15-6-7-15/h3-5,8-9,12,15,24,29-30,33H,6-7,10-11,13-14H2,1-2H3/t24-,27+/m1/s1. The Balaban J connectivity index is 1.46. The molecule has 3 aromatic rings. The van der Waals surface area contributed by atoms with Crippen LogP contribution in [0.1, 0.15) is 42.6 Å². The smallest absolute Gasteiger partial charge is 0.328 e. The van der Waals surface area contributed by atoms with Crippen LogP contribution in [0.3, 0.4) is 0 Å². The van der Waals surface area contributed by atoms with Gasteiger partial charge in [-0.2, -0.15) is 0 Å². The number of aromatic amines is 1. The second-order valence-corrected chi connectivity index (χ2v) is 10.2. The van der Waals surface area contributed by atoms with E-state index in [0.717, 1.165) is 6.54 Å². The third kappa shape index (κ3) is 3.37. The van der Waals surface area contributed by atoms with Gasteiger partial charge in [-0.3, -0.25) is 14.6 Å². The first-order chi connectivity index (χ1) is 17.3. The Morgan fingerprint density at radius 2 is 2.06 bits per heavy atom. The fourth-order valence-electron chi connectivity index (χ4n) is 5.76. The zero-order valence-corrected chi connectivity index (χ0v) is 20.3. The van der Waals surface area contributed by atoms with Crippen LogP contribution in [0.2, 0.25) is 0 Å². The number of phenols is 1. The number of nitrogens with zero attached hydrogens (tertiary/aromatic N) is 2. The Morgan fingerprint density at radius 1 is 1.25 bits per heavy atom. The number of methoxy groups -OCH3 is 1. The minimum Gasteiger partial charge on any atom is -0.508 e. The number of ether oxygens (including phenoxy) is 1. The van der Waals surface area contributed by atoms with E-state index in [1.54, 1.807) is 48.2 Å². The predicted molar refractivity (Wildman–Crippen MR) is 131 cm³/mol. The van der Waals surface area contributed by atoms with Crippen molar-refractivity contribution in [2.75, 3.05) is 26.7 Å². The summed E-state index contributed by atoms with van der Waals surface area (Å²) < 4.78 is 20.7. The van der Waals surface area contributed by atoms with Crippen molar-refractivity contribution in [3.63, 3.8) is 0 Å². The third-order valence-electron chi connectivity index (χ3n) is 7.78. The van der Waals surface area contributed by atoms with Crippen LogP contribution >= 0.6 is 0 Å². The Labute approximate surface area is 208 Å². The zero-order valence-electron chi connectivity index (χ0n) is 20.3. The maximum absolute atomic E-state index is 15.5. The lowest BCUT2D eigenvalue weighted by Gasteiger charge is -2.42. The highest BCUT2D eigenvalue weighted by Crippen LogP contribution is 2.49. The second kappa shape index (κ2) is 8.23. The van der Waals surface area contributed by atoms with Gasteiger partial charge in [-0.25, -0.2) is 9.18 Å². The Bertz CT molecular complexity index is 1380. The SMILES string of the molecule is COc1ccc2[nH]c3c(c2c1F)C[C@@]1(C)C(=O)N(CCNCC2CC2)C(=O)N1[C@@H]3c1cccc(O)c1.